The summed E-state index contributed by atoms with van der Waals surface area (Å²) in [4.78, 5) is 22.3. The summed E-state index contributed by atoms with van der Waals surface area (Å²) in [6.45, 7) is 0. The number of hydrogen-bond acceptors (Lipinski definition) is 4. The van der Waals surface area contributed by atoms with Gasteiger partial charge in [0.15, 0.2) is 5.78 Å². The molecule has 0 amide bonds. The van der Waals surface area contributed by atoms with Gasteiger partial charge in [0, 0.05) is 18.1 Å². The van der Waals surface area contributed by atoms with Gasteiger partial charge in [-0.2, -0.15) is 0 Å². The Kier molecular flexibility index (Phi) is 4.22. The Morgan fingerprint density at radius 2 is 1.70 bits per heavy atom. The molecule has 0 heterocycles. The van der Waals surface area contributed by atoms with Gasteiger partial charge in [0.2, 0.25) is 0 Å². The summed E-state index contributed by atoms with van der Waals surface area (Å²) in [5, 5.41) is 20.9. The van der Waals surface area contributed by atoms with Gasteiger partial charge in [-0.25, -0.2) is 0 Å². The summed E-state index contributed by atoms with van der Waals surface area (Å²) >= 11 is 0. The van der Waals surface area contributed by atoms with E-state index < -0.39 is 11.0 Å². The monoisotopic (exact) mass is 271 g/mol. The molecule has 2 aromatic rings. The molecule has 2 rings (SSSR count). The van der Waals surface area contributed by atoms with Gasteiger partial charge in [-0.15, -0.1) is 0 Å². The fourth-order valence-electron chi connectivity index (χ4n) is 1.96. The first kappa shape index (κ1) is 13.9. The van der Waals surface area contributed by atoms with E-state index >= 15 is 0 Å². The molecule has 1 atom stereocenters. The number of ketones is 1. The van der Waals surface area contributed by atoms with E-state index in [0.29, 0.717) is 5.56 Å². The third-order valence-electron chi connectivity index (χ3n) is 2.97. The SMILES string of the molecule is O=C(C[C@@H](O)c1ccccc1[N+](=O)[O-])c1ccccc1. The lowest BCUT2D eigenvalue weighted by atomic mass is 9.99. The minimum Gasteiger partial charge on any atom is -0.388 e. The molecule has 0 spiro atoms. The molecule has 20 heavy (non-hydrogen) atoms. The van der Waals surface area contributed by atoms with E-state index in [9.17, 15) is 20.0 Å². The van der Waals surface area contributed by atoms with Crippen molar-refractivity contribution < 1.29 is 14.8 Å². The van der Waals surface area contributed by atoms with Crippen LogP contribution in [0.2, 0.25) is 0 Å². The zero-order chi connectivity index (χ0) is 14.5. The highest BCUT2D eigenvalue weighted by Gasteiger charge is 2.22. The lowest BCUT2D eigenvalue weighted by molar-refractivity contribution is -0.386. The van der Waals surface area contributed by atoms with Crippen molar-refractivity contribution in [3.8, 4) is 0 Å². The van der Waals surface area contributed by atoms with Crippen molar-refractivity contribution in [3.63, 3.8) is 0 Å². The van der Waals surface area contributed by atoms with Crippen LogP contribution in [0.5, 0.6) is 0 Å². The number of benzene rings is 2. The third kappa shape index (κ3) is 3.07. The largest absolute Gasteiger partial charge is 0.388 e. The maximum Gasteiger partial charge on any atom is 0.275 e. The predicted octanol–water partition coefficient (Wildman–Crippen LogP) is 2.90. The lowest BCUT2D eigenvalue weighted by Crippen LogP contribution is -2.09. The van der Waals surface area contributed by atoms with Gasteiger partial charge < -0.3 is 5.11 Å². The van der Waals surface area contributed by atoms with Gasteiger partial charge in [-0.3, -0.25) is 14.9 Å². The maximum absolute atomic E-state index is 12.0. The molecule has 2 aromatic carbocycles. The predicted molar refractivity (Wildman–Crippen MR) is 73.4 cm³/mol. The molecule has 0 radical (unpaired) electrons. The second-order valence-corrected chi connectivity index (χ2v) is 4.33. The molecule has 0 aliphatic heterocycles. The molecule has 0 aliphatic rings. The van der Waals surface area contributed by atoms with E-state index in [1.54, 1.807) is 36.4 Å². The standard InChI is InChI=1S/C15H13NO4/c17-14(11-6-2-1-3-7-11)10-15(18)12-8-4-5-9-13(12)16(19)20/h1-9,15,18H,10H2/t15-/m1/s1. The van der Waals surface area contributed by atoms with Crippen LogP contribution in [0.25, 0.3) is 0 Å². The number of Topliss-reactive ketones (excluding diaryl/α,β-unsaturated/α-hetero) is 1. The Morgan fingerprint density at radius 3 is 2.35 bits per heavy atom. The summed E-state index contributed by atoms with van der Waals surface area (Å²) < 4.78 is 0. The zero-order valence-electron chi connectivity index (χ0n) is 10.6. The molecular formula is C15H13NO4. The third-order valence-corrected chi connectivity index (χ3v) is 2.97. The van der Waals surface area contributed by atoms with Gasteiger partial charge in [0.1, 0.15) is 0 Å². The number of nitro benzene ring substituents is 1. The molecule has 0 aromatic heterocycles. The Labute approximate surface area is 115 Å². The Balaban J connectivity index is 2.19. The molecule has 102 valence electrons. The van der Waals surface area contributed by atoms with Gasteiger partial charge in [0.05, 0.1) is 16.6 Å². The highest BCUT2D eigenvalue weighted by molar-refractivity contribution is 5.96. The molecule has 5 heteroatoms. The maximum atomic E-state index is 12.0. The fourth-order valence-corrected chi connectivity index (χ4v) is 1.96. The number of para-hydroxylation sites is 1. The van der Waals surface area contributed by atoms with Crippen LogP contribution in [0.15, 0.2) is 54.6 Å². The number of carbonyl (C=O) groups is 1. The lowest BCUT2D eigenvalue weighted by Gasteiger charge is -2.10. The summed E-state index contributed by atoms with van der Waals surface area (Å²) in [6.07, 6.45) is -1.38. The van der Waals surface area contributed by atoms with E-state index in [-0.39, 0.29) is 23.5 Å². The minimum atomic E-state index is -1.19. The van der Waals surface area contributed by atoms with Crippen molar-refractivity contribution in [2.24, 2.45) is 0 Å². The van der Waals surface area contributed by atoms with Gasteiger partial charge in [0.25, 0.3) is 5.69 Å². The average Bonchev–Trinajstić information content (AvgIpc) is 2.48. The van der Waals surface area contributed by atoms with Crippen LogP contribution in [-0.4, -0.2) is 15.8 Å². The van der Waals surface area contributed by atoms with Crippen molar-refractivity contribution in [1.82, 2.24) is 0 Å². The van der Waals surface area contributed by atoms with Crippen LogP contribution < -0.4 is 0 Å². The van der Waals surface area contributed by atoms with E-state index in [4.69, 9.17) is 0 Å². The quantitative estimate of drug-likeness (QED) is 0.515. The van der Waals surface area contributed by atoms with Crippen LogP contribution in [0.4, 0.5) is 5.69 Å². The van der Waals surface area contributed by atoms with Crippen LogP contribution in [0.3, 0.4) is 0 Å². The molecule has 0 bridgehead atoms. The Hall–Kier alpha value is -2.53. The van der Waals surface area contributed by atoms with Gasteiger partial charge in [-0.05, 0) is 6.07 Å². The average molecular weight is 271 g/mol. The zero-order valence-corrected chi connectivity index (χ0v) is 10.6. The molecule has 0 fully saturated rings. The van der Waals surface area contributed by atoms with Gasteiger partial charge in [-0.1, -0.05) is 42.5 Å². The topological polar surface area (TPSA) is 80.4 Å². The van der Waals surface area contributed by atoms with Crippen LogP contribution >= 0.6 is 0 Å². The van der Waals surface area contributed by atoms with Crippen molar-refractivity contribution >= 4 is 11.5 Å². The number of nitro groups is 1. The Morgan fingerprint density at radius 1 is 1.10 bits per heavy atom. The smallest absolute Gasteiger partial charge is 0.275 e. The molecule has 0 unspecified atom stereocenters. The van der Waals surface area contributed by atoms with E-state index in [1.165, 1.54) is 18.2 Å². The summed E-state index contributed by atoms with van der Waals surface area (Å²) in [7, 11) is 0. The van der Waals surface area contributed by atoms with E-state index in [0.717, 1.165) is 0 Å². The number of aliphatic hydroxyl groups excluding tert-OH is 1. The molecular weight excluding hydrogens is 258 g/mol. The van der Waals surface area contributed by atoms with E-state index in [2.05, 4.69) is 0 Å². The molecule has 0 saturated heterocycles. The number of carbonyl (C=O) groups excluding carboxylic acids is 1. The molecule has 1 N–H and O–H groups in total. The summed E-state index contributed by atoms with van der Waals surface area (Å²) in [5.41, 5.74) is 0.452. The van der Waals surface area contributed by atoms with Crippen molar-refractivity contribution in [2.75, 3.05) is 0 Å². The van der Waals surface area contributed by atoms with Crippen molar-refractivity contribution in [1.29, 1.82) is 0 Å². The van der Waals surface area contributed by atoms with Crippen LogP contribution in [-0.2, 0) is 0 Å². The van der Waals surface area contributed by atoms with Crippen LogP contribution in [0.1, 0.15) is 28.4 Å². The second kappa shape index (κ2) is 6.08. The first-order valence-electron chi connectivity index (χ1n) is 6.09. The highest BCUT2D eigenvalue weighted by Crippen LogP contribution is 2.27. The Bertz CT molecular complexity index is 625. The normalized spacial score (nSPS) is 11.8. The number of rotatable bonds is 5. The second-order valence-electron chi connectivity index (χ2n) is 4.33. The van der Waals surface area contributed by atoms with E-state index in [1.807, 2.05) is 0 Å². The molecule has 5 nitrogen and oxygen atoms in total. The minimum absolute atomic E-state index is 0.154. The number of hydrogen-bond donors (Lipinski definition) is 1. The fraction of sp³-hybridized carbons (Fsp3) is 0.133. The summed E-state index contributed by atoms with van der Waals surface area (Å²) in [5.74, 6) is -0.253. The first-order chi connectivity index (χ1) is 9.59. The van der Waals surface area contributed by atoms with Crippen molar-refractivity contribution in [3.05, 3.63) is 75.8 Å². The molecule has 0 saturated carbocycles. The van der Waals surface area contributed by atoms with Crippen LogP contribution in [0, 0.1) is 10.1 Å². The summed E-state index contributed by atoms with van der Waals surface area (Å²) in [6, 6.07) is 14.4. The van der Waals surface area contributed by atoms with Crippen molar-refractivity contribution in [2.45, 2.75) is 12.5 Å². The number of nitrogens with zero attached hydrogens (tertiary/aromatic N) is 1. The number of aliphatic hydroxyl groups is 1. The van der Waals surface area contributed by atoms with Gasteiger partial charge >= 0.3 is 0 Å². The first-order valence-corrected chi connectivity index (χ1v) is 6.09. The highest BCUT2D eigenvalue weighted by atomic mass is 16.6. The molecule has 0 aliphatic carbocycles.